The summed E-state index contributed by atoms with van der Waals surface area (Å²) < 4.78 is 15.5. The lowest BCUT2D eigenvalue weighted by atomic mass is 9.84. The maximum absolute atomic E-state index is 14.5. The van der Waals surface area contributed by atoms with Gasteiger partial charge in [-0.1, -0.05) is 46.3 Å². The molecule has 3 heterocycles. The van der Waals surface area contributed by atoms with Crippen LogP contribution in [-0.2, 0) is 21.4 Å². The van der Waals surface area contributed by atoms with E-state index in [4.69, 9.17) is 0 Å². The first-order valence-corrected chi connectivity index (χ1v) is 12.6. The summed E-state index contributed by atoms with van der Waals surface area (Å²) in [4.78, 5) is 29.2. The number of rotatable bonds is 7. The summed E-state index contributed by atoms with van der Waals surface area (Å²) in [7, 11) is 0. The summed E-state index contributed by atoms with van der Waals surface area (Å²) >= 11 is 3.44. The van der Waals surface area contributed by atoms with Crippen molar-refractivity contribution in [3.8, 4) is 0 Å². The van der Waals surface area contributed by atoms with Crippen LogP contribution in [0.25, 0.3) is 0 Å². The Kier molecular flexibility index (Phi) is 6.27. The molecule has 1 saturated carbocycles. The number of halogens is 2. The van der Waals surface area contributed by atoms with Crippen molar-refractivity contribution in [1.29, 1.82) is 0 Å². The van der Waals surface area contributed by atoms with Gasteiger partial charge < -0.3 is 15.5 Å². The van der Waals surface area contributed by atoms with Crippen molar-refractivity contribution in [3.05, 3.63) is 69.9 Å². The summed E-state index contributed by atoms with van der Waals surface area (Å²) in [5.74, 6) is -0.296. The van der Waals surface area contributed by atoms with E-state index in [1.54, 1.807) is 18.2 Å². The summed E-state index contributed by atoms with van der Waals surface area (Å²) in [6.45, 7) is 3.07. The van der Waals surface area contributed by atoms with Gasteiger partial charge in [0.1, 0.15) is 11.9 Å². The first-order valence-electron chi connectivity index (χ1n) is 11.8. The summed E-state index contributed by atoms with van der Waals surface area (Å²) in [6, 6.07) is 13.6. The van der Waals surface area contributed by atoms with Gasteiger partial charge in [0.05, 0.1) is 5.41 Å². The van der Waals surface area contributed by atoms with Crippen LogP contribution in [0.2, 0.25) is 0 Å². The largest absolute Gasteiger partial charge is 0.350 e. The first kappa shape index (κ1) is 22.5. The Morgan fingerprint density at radius 2 is 1.79 bits per heavy atom. The van der Waals surface area contributed by atoms with Crippen LogP contribution in [0, 0.1) is 11.7 Å². The SMILES string of the molecule is O=C(NC1CN2CCC1CC2)C(Cc1ccc(Br)cc1)NC(=O)C1(c2ccccc2F)CC1. The summed E-state index contributed by atoms with van der Waals surface area (Å²) in [5, 5.41) is 6.23. The van der Waals surface area contributed by atoms with Gasteiger partial charge in [-0.25, -0.2) is 4.39 Å². The minimum atomic E-state index is -0.876. The Hall–Kier alpha value is -2.25. The zero-order valence-electron chi connectivity index (χ0n) is 18.5. The minimum Gasteiger partial charge on any atom is -0.350 e. The fourth-order valence-corrected chi connectivity index (χ4v) is 5.63. The van der Waals surface area contributed by atoms with E-state index in [2.05, 4.69) is 31.5 Å². The van der Waals surface area contributed by atoms with Gasteiger partial charge in [0.15, 0.2) is 0 Å². The monoisotopic (exact) mass is 513 g/mol. The van der Waals surface area contributed by atoms with E-state index in [1.807, 2.05) is 24.3 Å². The first-order chi connectivity index (χ1) is 15.9. The zero-order chi connectivity index (χ0) is 23.0. The summed E-state index contributed by atoms with van der Waals surface area (Å²) in [6.07, 6.45) is 3.77. The lowest BCUT2D eigenvalue weighted by molar-refractivity contribution is -0.131. The van der Waals surface area contributed by atoms with Gasteiger partial charge in [-0.15, -0.1) is 0 Å². The van der Waals surface area contributed by atoms with Crippen molar-refractivity contribution in [1.82, 2.24) is 15.5 Å². The molecule has 3 saturated heterocycles. The zero-order valence-corrected chi connectivity index (χ0v) is 20.1. The van der Waals surface area contributed by atoms with Crippen molar-refractivity contribution in [2.24, 2.45) is 5.92 Å². The van der Waals surface area contributed by atoms with E-state index in [0.717, 1.165) is 42.5 Å². The molecule has 6 rings (SSSR count). The van der Waals surface area contributed by atoms with Crippen LogP contribution < -0.4 is 10.6 Å². The molecule has 4 fully saturated rings. The molecule has 3 aliphatic heterocycles. The highest BCUT2D eigenvalue weighted by molar-refractivity contribution is 9.10. The van der Waals surface area contributed by atoms with Gasteiger partial charge in [-0.05, 0) is 68.5 Å². The van der Waals surface area contributed by atoms with Gasteiger partial charge in [0.2, 0.25) is 11.8 Å². The fraction of sp³-hybridized carbons (Fsp3) is 0.462. The molecule has 174 valence electrons. The van der Waals surface area contributed by atoms with Crippen LogP contribution in [0.1, 0.15) is 36.8 Å². The number of fused-ring (bicyclic) bond motifs is 3. The number of nitrogens with zero attached hydrogens (tertiary/aromatic N) is 1. The number of hydrogen-bond donors (Lipinski definition) is 2. The number of benzene rings is 2. The van der Waals surface area contributed by atoms with E-state index < -0.39 is 11.5 Å². The third-order valence-corrected chi connectivity index (χ3v) is 8.06. The Morgan fingerprint density at radius 3 is 2.39 bits per heavy atom. The molecular weight excluding hydrogens is 485 g/mol. The third kappa shape index (κ3) is 4.71. The van der Waals surface area contributed by atoms with Crippen LogP contribution in [-0.4, -0.2) is 48.4 Å². The number of carbonyl (C=O) groups is 2. The predicted molar refractivity (Wildman–Crippen MR) is 128 cm³/mol. The van der Waals surface area contributed by atoms with E-state index in [1.165, 1.54) is 6.07 Å². The third-order valence-electron chi connectivity index (χ3n) is 7.53. The van der Waals surface area contributed by atoms with Crippen LogP contribution in [0.3, 0.4) is 0 Å². The molecule has 33 heavy (non-hydrogen) atoms. The molecule has 2 bridgehead atoms. The second-order valence-electron chi connectivity index (χ2n) is 9.67. The molecule has 2 amide bonds. The normalized spacial score (nSPS) is 25.8. The van der Waals surface area contributed by atoms with E-state index in [9.17, 15) is 14.0 Å². The fourth-order valence-electron chi connectivity index (χ4n) is 5.37. The number of hydrogen-bond acceptors (Lipinski definition) is 3. The van der Waals surface area contributed by atoms with Crippen LogP contribution in [0.5, 0.6) is 0 Å². The molecular formula is C26H29BrFN3O2. The number of amides is 2. The lowest BCUT2D eigenvalue weighted by Gasteiger charge is -2.45. The van der Waals surface area contributed by atoms with Crippen molar-refractivity contribution in [2.45, 2.75) is 49.6 Å². The molecule has 0 spiro atoms. The Labute approximate surface area is 202 Å². The van der Waals surface area contributed by atoms with Crippen molar-refractivity contribution >= 4 is 27.7 Å². The topological polar surface area (TPSA) is 61.4 Å². The molecule has 0 radical (unpaired) electrons. The van der Waals surface area contributed by atoms with Crippen LogP contribution >= 0.6 is 15.9 Å². The van der Waals surface area contributed by atoms with E-state index >= 15 is 0 Å². The molecule has 2 aromatic carbocycles. The predicted octanol–water partition coefficient (Wildman–Crippen LogP) is 3.56. The van der Waals surface area contributed by atoms with Crippen molar-refractivity contribution in [3.63, 3.8) is 0 Å². The molecule has 7 heteroatoms. The molecule has 2 atom stereocenters. The van der Waals surface area contributed by atoms with Crippen molar-refractivity contribution < 1.29 is 14.0 Å². The molecule has 2 unspecified atom stereocenters. The molecule has 5 nitrogen and oxygen atoms in total. The maximum atomic E-state index is 14.5. The number of carbonyl (C=O) groups excluding carboxylic acids is 2. The minimum absolute atomic E-state index is 0.116. The second kappa shape index (κ2) is 9.18. The molecule has 2 aromatic rings. The molecule has 2 N–H and O–H groups in total. The van der Waals surface area contributed by atoms with Crippen molar-refractivity contribution in [2.75, 3.05) is 19.6 Å². The summed E-state index contributed by atoms with van der Waals surface area (Å²) in [5.41, 5.74) is 0.505. The molecule has 0 aromatic heterocycles. The van der Waals surface area contributed by atoms with Gasteiger partial charge in [-0.2, -0.15) is 0 Å². The Balaban J connectivity index is 1.34. The van der Waals surface area contributed by atoms with Gasteiger partial charge in [0, 0.05) is 29.0 Å². The van der Waals surface area contributed by atoms with E-state index in [-0.39, 0.29) is 23.7 Å². The maximum Gasteiger partial charge on any atom is 0.243 e. The molecule has 1 aliphatic carbocycles. The number of piperidine rings is 3. The van der Waals surface area contributed by atoms with Crippen LogP contribution in [0.4, 0.5) is 4.39 Å². The average molecular weight is 514 g/mol. The van der Waals surface area contributed by atoms with Gasteiger partial charge >= 0.3 is 0 Å². The van der Waals surface area contributed by atoms with Gasteiger partial charge in [-0.3, -0.25) is 9.59 Å². The lowest BCUT2D eigenvalue weighted by Crippen LogP contribution is -2.60. The highest BCUT2D eigenvalue weighted by Crippen LogP contribution is 2.49. The Bertz CT molecular complexity index is 1030. The highest BCUT2D eigenvalue weighted by atomic mass is 79.9. The quantitative estimate of drug-likeness (QED) is 0.594. The average Bonchev–Trinajstić information content (AvgIpc) is 3.63. The number of nitrogens with one attached hydrogen (secondary N) is 2. The smallest absolute Gasteiger partial charge is 0.243 e. The molecule has 4 aliphatic rings. The van der Waals surface area contributed by atoms with Gasteiger partial charge in [0.25, 0.3) is 0 Å². The second-order valence-corrected chi connectivity index (χ2v) is 10.6. The Morgan fingerprint density at radius 1 is 1.09 bits per heavy atom. The standard InChI is InChI=1S/C26H29BrFN3O2/c27-19-7-5-17(6-8-19)15-22(24(32)29-23-16-31-13-9-18(23)10-14-31)30-25(33)26(11-12-26)20-3-1-2-4-21(20)28/h1-8,18,22-23H,9-16H2,(H,29,32)(H,30,33). The van der Waals surface area contributed by atoms with E-state index in [0.29, 0.717) is 30.7 Å². The highest BCUT2D eigenvalue weighted by Gasteiger charge is 2.53. The van der Waals surface area contributed by atoms with Crippen LogP contribution in [0.15, 0.2) is 53.0 Å².